The van der Waals surface area contributed by atoms with E-state index in [1.165, 1.54) is 6.33 Å². The first-order valence-electron chi connectivity index (χ1n) is 6.26. The van der Waals surface area contributed by atoms with Crippen LogP contribution in [0.25, 0.3) is 0 Å². The second-order valence-corrected chi connectivity index (χ2v) is 4.92. The van der Waals surface area contributed by atoms with Crippen molar-refractivity contribution in [3.05, 3.63) is 40.6 Å². The number of hydrogen-bond acceptors (Lipinski definition) is 5. The molecule has 102 valence electrons. The molecule has 0 radical (unpaired) electrons. The number of aromatic nitrogens is 2. The van der Waals surface area contributed by atoms with Crippen molar-refractivity contribution >= 4 is 33.3 Å². The predicted molar refractivity (Wildman–Crippen MR) is 83.0 cm³/mol. The molecule has 0 aliphatic carbocycles. The molecule has 0 atom stereocenters. The molecule has 6 heteroatoms. The van der Waals surface area contributed by atoms with Crippen LogP contribution in [0.5, 0.6) is 0 Å². The molecule has 0 amide bonds. The number of anilines is 3. The van der Waals surface area contributed by atoms with E-state index < -0.39 is 0 Å². The average molecular weight is 332 g/mol. The number of rotatable bonds is 5. The van der Waals surface area contributed by atoms with E-state index in [2.05, 4.69) is 49.5 Å². The molecule has 2 aromatic rings. The van der Waals surface area contributed by atoms with Gasteiger partial charge < -0.3 is 10.6 Å². The molecule has 20 heavy (non-hydrogen) atoms. The van der Waals surface area contributed by atoms with E-state index >= 15 is 0 Å². The second-order valence-electron chi connectivity index (χ2n) is 4.13. The fourth-order valence-electron chi connectivity index (χ4n) is 1.59. The van der Waals surface area contributed by atoms with E-state index in [-0.39, 0.29) is 0 Å². The maximum Gasteiger partial charge on any atom is 0.150 e. The Morgan fingerprint density at radius 3 is 2.55 bits per heavy atom. The summed E-state index contributed by atoms with van der Waals surface area (Å²) in [5.74, 6) is 1.45. The van der Waals surface area contributed by atoms with Crippen molar-refractivity contribution in [2.24, 2.45) is 0 Å². The van der Waals surface area contributed by atoms with Gasteiger partial charge in [0.25, 0.3) is 0 Å². The first kappa shape index (κ1) is 14.3. The Bertz CT molecular complexity index is 618. The maximum absolute atomic E-state index is 8.77. The highest BCUT2D eigenvalue weighted by Crippen LogP contribution is 2.28. The summed E-state index contributed by atoms with van der Waals surface area (Å²) in [6.45, 7) is 2.95. The van der Waals surface area contributed by atoms with Crippen LogP contribution in [0, 0.1) is 11.3 Å². The molecular weight excluding hydrogens is 318 g/mol. The monoisotopic (exact) mass is 331 g/mol. The molecule has 2 rings (SSSR count). The molecular formula is C14H14BrN5. The molecule has 0 saturated heterocycles. The fraction of sp³-hybridized carbons (Fsp3) is 0.214. The minimum Gasteiger partial charge on any atom is -0.369 e. The van der Waals surface area contributed by atoms with Gasteiger partial charge in [-0.1, -0.05) is 6.92 Å². The standard InChI is InChI=1S/C14H14BrN5/c1-2-7-17-13-12(15)14(19-9-18-13)20-11-5-3-10(8-16)4-6-11/h3-6,9H,2,7H2,1H3,(H2,17,18,19,20). The number of nitrogens with zero attached hydrogens (tertiary/aromatic N) is 3. The molecule has 2 N–H and O–H groups in total. The summed E-state index contributed by atoms with van der Waals surface area (Å²) in [7, 11) is 0. The van der Waals surface area contributed by atoms with Crippen molar-refractivity contribution in [1.29, 1.82) is 5.26 Å². The van der Waals surface area contributed by atoms with Gasteiger partial charge in [-0.15, -0.1) is 0 Å². The fourth-order valence-corrected chi connectivity index (χ4v) is 2.03. The van der Waals surface area contributed by atoms with Gasteiger partial charge in [0.15, 0.2) is 0 Å². The average Bonchev–Trinajstić information content (AvgIpc) is 2.49. The summed E-state index contributed by atoms with van der Waals surface area (Å²) in [6, 6.07) is 9.28. The van der Waals surface area contributed by atoms with Crippen LogP contribution in [0.15, 0.2) is 35.1 Å². The Morgan fingerprint density at radius 1 is 1.20 bits per heavy atom. The normalized spacial score (nSPS) is 9.85. The van der Waals surface area contributed by atoms with E-state index in [4.69, 9.17) is 5.26 Å². The lowest BCUT2D eigenvalue weighted by molar-refractivity contribution is 0.962. The lowest BCUT2D eigenvalue weighted by Crippen LogP contribution is -2.05. The molecule has 0 unspecified atom stereocenters. The third-order valence-electron chi connectivity index (χ3n) is 2.61. The zero-order valence-electron chi connectivity index (χ0n) is 11.0. The van der Waals surface area contributed by atoms with Crippen LogP contribution >= 0.6 is 15.9 Å². The van der Waals surface area contributed by atoms with Gasteiger partial charge in [0, 0.05) is 12.2 Å². The SMILES string of the molecule is CCCNc1ncnc(Nc2ccc(C#N)cc2)c1Br. The predicted octanol–water partition coefficient (Wildman–Crippen LogP) is 3.68. The minimum absolute atomic E-state index is 0.627. The highest BCUT2D eigenvalue weighted by molar-refractivity contribution is 9.10. The van der Waals surface area contributed by atoms with E-state index in [0.29, 0.717) is 11.4 Å². The third kappa shape index (κ3) is 3.45. The molecule has 1 aromatic carbocycles. The summed E-state index contributed by atoms with van der Waals surface area (Å²) < 4.78 is 0.790. The highest BCUT2D eigenvalue weighted by Gasteiger charge is 2.08. The van der Waals surface area contributed by atoms with E-state index in [1.54, 1.807) is 12.1 Å². The first-order valence-corrected chi connectivity index (χ1v) is 7.05. The van der Waals surface area contributed by atoms with Gasteiger partial charge in [-0.25, -0.2) is 9.97 Å². The Balaban J connectivity index is 2.18. The third-order valence-corrected chi connectivity index (χ3v) is 3.36. The molecule has 0 spiro atoms. The Kier molecular flexibility index (Phi) is 4.91. The van der Waals surface area contributed by atoms with Crippen LogP contribution < -0.4 is 10.6 Å². The van der Waals surface area contributed by atoms with Crippen molar-refractivity contribution in [2.45, 2.75) is 13.3 Å². The largest absolute Gasteiger partial charge is 0.369 e. The van der Waals surface area contributed by atoms with Crippen molar-refractivity contribution < 1.29 is 0 Å². The zero-order valence-corrected chi connectivity index (χ0v) is 12.6. The van der Waals surface area contributed by atoms with Crippen LogP contribution in [-0.2, 0) is 0 Å². The molecule has 1 aromatic heterocycles. The molecule has 0 fully saturated rings. The number of nitrogens with one attached hydrogen (secondary N) is 2. The van der Waals surface area contributed by atoms with Crippen molar-refractivity contribution in [3.63, 3.8) is 0 Å². The quantitative estimate of drug-likeness (QED) is 0.874. The highest BCUT2D eigenvalue weighted by atomic mass is 79.9. The van der Waals surface area contributed by atoms with E-state index in [9.17, 15) is 0 Å². The van der Waals surface area contributed by atoms with Crippen molar-refractivity contribution in [2.75, 3.05) is 17.2 Å². The van der Waals surface area contributed by atoms with Crippen LogP contribution in [0.3, 0.4) is 0 Å². The number of halogens is 1. The zero-order chi connectivity index (χ0) is 14.4. The summed E-state index contributed by atoms with van der Waals surface area (Å²) in [6.07, 6.45) is 2.53. The molecule has 0 bridgehead atoms. The molecule has 1 heterocycles. The summed E-state index contributed by atoms with van der Waals surface area (Å²) >= 11 is 3.49. The molecule has 5 nitrogen and oxygen atoms in total. The summed E-state index contributed by atoms with van der Waals surface area (Å²) in [5.41, 5.74) is 1.49. The second kappa shape index (κ2) is 6.87. The topological polar surface area (TPSA) is 73.6 Å². The van der Waals surface area contributed by atoms with E-state index in [0.717, 1.165) is 28.9 Å². The van der Waals surface area contributed by atoms with E-state index in [1.807, 2.05) is 12.1 Å². The van der Waals surface area contributed by atoms with Crippen LogP contribution in [0.2, 0.25) is 0 Å². The van der Waals surface area contributed by atoms with Crippen LogP contribution in [-0.4, -0.2) is 16.5 Å². The summed E-state index contributed by atoms with van der Waals surface area (Å²) in [5, 5.41) is 15.2. The minimum atomic E-state index is 0.627. The van der Waals surface area contributed by atoms with Crippen LogP contribution in [0.4, 0.5) is 17.3 Å². The van der Waals surface area contributed by atoms with Gasteiger partial charge in [0.2, 0.25) is 0 Å². The van der Waals surface area contributed by atoms with Gasteiger partial charge in [0.05, 0.1) is 11.6 Å². The van der Waals surface area contributed by atoms with Gasteiger partial charge in [-0.3, -0.25) is 0 Å². The number of nitriles is 1. The van der Waals surface area contributed by atoms with Crippen molar-refractivity contribution in [1.82, 2.24) is 9.97 Å². The Hall–Kier alpha value is -2.13. The molecule has 0 aliphatic heterocycles. The Morgan fingerprint density at radius 2 is 1.90 bits per heavy atom. The smallest absolute Gasteiger partial charge is 0.150 e. The van der Waals surface area contributed by atoms with Gasteiger partial charge in [0.1, 0.15) is 22.4 Å². The maximum atomic E-state index is 8.77. The number of benzene rings is 1. The van der Waals surface area contributed by atoms with Crippen molar-refractivity contribution in [3.8, 4) is 6.07 Å². The van der Waals surface area contributed by atoms with Gasteiger partial charge >= 0.3 is 0 Å². The van der Waals surface area contributed by atoms with Crippen LogP contribution in [0.1, 0.15) is 18.9 Å². The number of hydrogen-bond donors (Lipinski definition) is 2. The Labute approximate surface area is 126 Å². The summed E-state index contributed by atoms with van der Waals surface area (Å²) in [4.78, 5) is 8.40. The lowest BCUT2D eigenvalue weighted by atomic mass is 10.2. The molecule has 0 saturated carbocycles. The molecule has 0 aliphatic rings. The first-order chi connectivity index (χ1) is 9.74. The van der Waals surface area contributed by atoms with Gasteiger partial charge in [-0.05, 0) is 46.6 Å². The lowest BCUT2D eigenvalue weighted by Gasteiger charge is -2.11. The van der Waals surface area contributed by atoms with Gasteiger partial charge in [-0.2, -0.15) is 5.26 Å².